The number of furan rings is 1. The molecular weight excluding hydrogens is 438 g/mol. The molecule has 1 fully saturated rings. The molecule has 1 atom stereocenters. The maximum atomic E-state index is 13.2. The van der Waals surface area contributed by atoms with Gasteiger partial charge in [-0.05, 0) is 55.0 Å². The first-order valence-corrected chi connectivity index (χ1v) is 10.7. The number of hydrogen-bond acceptors (Lipinski definition) is 7. The second-order valence-corrected chi connectivity index (χ2v) is 7.59. The topological polar surface area (TPSA) is 98.4 Å². The Labute approximate surface area is 197 Å². The van der Waals surface area contributed by atoms with Crippen LogP contribution in [-0.2, 0) is 16.1 Å². The summed E-state index contributed by atoms with van der Waals surface area (Å²) in [5.74, 6) is -0.140. The summed E-state index contributed by atoms with van der Waals surface area (Å²) in [4.78, 5) is 27.7. The Balaban J connectivity index is 1.83. The zero-order chi connectivity index (χ0) is 24.2. The number of aliphatic hydroxyl groups is 1. The van der Waals surface area contributed by atoms with E-state index < -0.39 is 17.7 Å². The minimum absolute atomic E-state index is 0.0903. The number of methoxy groups -OCH3 is 2. The predicted octanol–water partition coefficient (Wildman–Crippen LogP) is 4.32. The van der Waals surface area contributed by atoms with Crippen LogP contribution in [0.15, 0.2) is 70.9 Å². The van der Waals surface area contributed by atoms with Crippen molar-refractivity contribution in [1.29, 1.82) is 0 Å². The van der Waals surface area contributed by atoms with Crippen molar-refractivity contribution in [3.8, 4) is 17.2 Å². The number of hydrogen-bond donors (Lipinski definition) is 1. The van der Waals surface area contributed by atoms with E-state index in [1.807, 2.05) is 31.2 Å². The van der Waals surface area contributed by atoms with Gasteiger partial charge >= 0.3 is 0 Å². The first-order chi connectivity index (χ1) is 16.5. The molecule has 0 saturated carbocycles. The lowest BCUT2D eigenvalue weighted by molar-refractivity contribution is -0.140. The summed E-state index contributed by atoms with van der Waals surface area (Å²) in [6.07, 6.45) is 1.46. The predicted molar refractivity (Wildman–Crippen MR) is 124 cm³/mol. The molecule has 1 aliphatic heterocycles. The Morgan fingerprint density at radius 1 is 1.03 bits per heavy atom. The fourth-order valence-electron chi connectivity index (χ4n) is 4.03. The van der Waals surface area contributed by atoms with Gasteiger partial charge in [-0.3, -0.25) is 9.59 Å². The molecule has 1 saturated heterocycles. The number of benzene rings is 2. The molecule has 0 aliphatic carbocycles. The quantitative estimate of drug-likeness (QED) is 0.302. The normalized spacial score (nSPS) is 17.1. The third-order valence-electron chi connectivity index (χ3n) is 5.58. The molecule has 0 bridgehead atoms. The monoisotopic (exact) mass is 463 g/mol. The van der Waals surface area contributed by atoms with Crippen molar-refractivity contribution in [2.24, 2.45) is 0 Å². The van der Waals surface area contributed by atoms with Crippen molar-refractivity contribution in [2.75, 3.05) is 20.8 Å². The van der Waals surface area contributed by atoms with Crippen molar-refractivity contribution >= 4 is 17.4 Å². The fraction of sp³-hybridized carbons (Fsp3) is 0.231. The van der Waals surface area contributed by atoms with Gasteiger partial charge < -0.3 is 28.6 Å². The van der Waals surface area contributed by atoms with E-state index in [2.05, 4.69) is 0 Å². The molecule has 34 heavy (non-hydrogen) atoms. The summed E-state index contributed by atoms with van der Waals surface area (Å²) in [5.41, 5.74) is 0.908. The van der Waals surface area contributed by atoms with Crippen molar-refractivity contribution in [3.05, 3.63) is 83.3 Å². The molecule has 4 rings (SSSR count). The van der Waals surface area contributed by atoms with Gasteiger partial charge in [0.15, 0.2) is 0 Å². The van der Waals surface area contributed by atoms with Gasteiger partial charge in [-0.25, -0.2) is 0 Å². The van der Waals surface area contributed by atoms with Crippen molar-refractivity contribution in [1.82, 2.24) is 4.90 Å². The fourth-order valence-corrected chi connectivity index (χ4v) is 4.03. The molecule has 0 radical (unpaired) electrons. The number of Topliss-reactive ketones (excluding diaryl/α,β-unsaturated/α-hetero) is 1. The van der Waals surface area contributed by atoms with Gasteiger partial charge in [0, 0.05) is 6.54 Å². The van der Waals surface area contributed by atoms with Gasteiger partial charge in [-0.1, -0.05) is 12.1 Å². The molecule has 1 unspecified atom stereocenters. The van der Waals surface area contributed by atoms with Crippen LogP contribution in [0.4, 0.5) is 0 Å². The van der Waals surface area contributed by atoms with Gasteiger partial charge in [-0.15, -0.1) is 0 Å². The molecule has 2 heterocycles. The Hall–Kier alpha value is -4.20. The van der Waals surface area contributed by atoms with Crippen LogP contribution >= 0.6 is 0 Å². The van der Waals surface area contributed by atoms with Crippen LogP contribution in [-0.4, -0.2) is 42.5 Å². The molecular formula is C26H25NO7. The highest BCUT2D eigenvalue weighted by molar-refractivity contribution is 6.46. The molecule has 1 aromatic heterocycles. The van der Waals surface area contributed by atoms with Crippen LogP contribution in [0, 0.1) is 0 Å². The number of ketones is 1. The van der Waals surface area contributed by atoms with Crippen LogP contribution in [0.5, 0.6) is 17.2 Å². The molecule has 3 aromatic rings. The Morgan fingerprint density at radius 3 is 2.53 bits per heavy atom. The minimum atomic E-state index is -0.929. The number of carbonyl (C=O) groups excluding carboxylic acids is 2. The van der Waals surface area contributed by atoms with E-state index in [4.69, 9.17) is 18.6 Å². The number of carbonyl (C=O) groups is 2. The lowest BCUT2D eigenvalue weighted by Gasteiger charge is -2.23. The first-order valence-electron chi connectivity index (χ1n) is 10.7. The summed E-state index contributed by atoms with van der Waals surface area (Å²) in [7, 11) is 2.94. The molecule has 1 amide bonds. The standard InChI is InChI=1S/C26H25NO7/c1-4-33-18-8-5-7-16(13-18)15-27-23(21-9-6-12-34-21)22(25(29)26(27)30)24(28)19-14-17(31-2)10-11-20(19)32-3/h5-14,23,28H,4,15H2,1-3H3/b24-22-. The van der Waals surface area contributed by atoms with E-state index in [9.17, 15) is 14.7 Å². The Bertz CT molecular complexity index is 1230. The van der Waals surface area contributed by atoms with Crippen LogP contribution in [0.1, 0.15) is 29.9 Å². The number of likely N-dealkylation sites (tertiary alicyclic amines) is 1. The Kier molecular flexibility index (Phi) is 6.58. The van der Waals surface area contributed by atoms with Crippen LogP contribution in [0.2, 0.25) is 0 Å². The summed E-state index contributed by atoms with van der Waals surface area (Å²) in [6, 6.07) is 14.5. The largest absolute Gasteiger partial charge is 0.507 e. The third-order valence-corrected chi connectivity index (χ3v) is 5.58. The minimum Gasteiger partial charge on any atom is -0.507 e. The van der Waals surface area contributed by atoms with Crippen molar-refractivity contribution in [3.63, 3.8) is 0 Å². The molecule has 0 spiro atoms. The highest BCUT2D eigenvalue weighted by Crippen LogP contribution is 2.42. The van der Waals surface area contributed by atoms with Gasteiger partial charge in [0.1, 0.15) is 34.8 Å². The third kappa shape index (κ3) is 4.22. The highest BCUT2D eigenvalue weighted by Gasteiger charge is 2.47. The van der Waals surface area contributed by atoms with Crippen LogP contribution in [0.3, 0.4) is 0 Å². The molecule has 8 nitrogen and oxygen atoms in total. The number of rotatable bonds is 8. The second kappa shape index (κ2) is 9.74. The van der Waals surface area contributed by atoms with E-state index in [-0.39, 0.29) is 23.4 Å². The number of nitrogens with zero attached hydrogens (tertiary/aromatic N) is 1. The zero-order valence-corrected chi connectivity index (χ0v) is 19.1. The summed E-state index contributed by atoms with van der Waals surface area (Å²) in [5, 5.41) is 11.3. The lowest BCUT2D eigenvalue weighted by atomic mass is 9.98. The molecule has 2 aromatic carbocycles. The van der Waals surface area contributed by atoms with E-state index in [0.717, 1.165) is 5.56 Å². The summed E-state index contributed by atoms with van der Waals surface area (Å²) in [6.45, 7) is 2.50. The van der Waals surface area contributed by atoms with Gasteiger partial charge in [0.25, 0.3) is 11.7 Å². The number of amides is 1. The average Bonchev–Trinajstić information content (AvgIpc) is 3.46. The molecule has 8 heteroatoms. The molecule has 1 aliphatic rings. The average molecular weight is 463 g/mol. The van der Waals surface area contributed by atoms with Gasteiger partial charge in [0.2, 0.25) is 0 Å². The van der Waals surface area contributed by atoms with Crippen molar-refractivity contribution in [2.45, 2.75) is 19.5 Å². The summed E-state index contributed by atoms with van der Waals surface area (Å²) >= 11 is 0. The van der Waals surface area contributed by atoms with E-state index in [1.165, 1.54) is 25.4 Å². The van der Waals surface area contributed by atoms with Crippen LogP contribution in [0.25, 0.3) is 5.76 Å². The highest BCUT2D eigenvalue weighted by atomic mass is 16.5. The lowest BCUT2D eigenvalue weighted by Crippen LogP contribution is -2.29. The summed E-state index contributed by atoms with van der Waals surface area (Å²) < 4.78 is 21.8. The van der Waals surface area contributed by atoms with E-state index in [1.54, 1.807) is 30.3 Å². The maximum absolute atomic E-state index is 13.2. The first kappa shape index (κ1) is 23.0. The second-order valence-electron chi connectivity index (χ2n) is 7.59. The van der Waals surface area contributed by atoms with Gasteiger partial charge in [-0.2, -0.15) is 0 Å². The maximum Gasteiger partial charge on any atom is 0.296 e. The zero-order valence-electron chi connectivity index (χ0n) is 19.1. The molecule has 176 valence electrons. The SMILES string of the molecule is CCOc1cccc(CN2C(=O)C(=O)/C(=C(\O)c3cc(OC)ccc3OC)C2c2ccco2)c1. The smallest absolute Gasteiger partial charge is 0.296 e. The number of aliphatic hydroxyl groups excluding tert-OH is 1. The van der Waals surface area contributed by atoms with Crippen LogP contribution < -0.4 is 14.2 Å². The van der Waals surface area contributed by atoms with E-state index in [0.29, 0.717) is 29.6 Å². The Morgan fingerprint density at radius 2 is 1.85 bits per heavy atom. The molecule has 1 N–H and O–H groups in total. The van der Waals surface area contributed by atoms with Crippen molar-refractivity contribution < 1.29 is 33.3 Å². The number of ether oxygens (including phenoxy) is 3. The van der Waals surface area contributed by atoms with Gasteiger partial charge in [0.05, 0.1) is 38.2 Å². The van der Waals surface area contributed by atoms with E-state index >= 15 is 0 Å².